The topological polar surface area (TPSA) is 174 Å². The van der Waals surface area contributed by atoms with Crippen molar-refractivity contribution in [3.05, 3.63) is 24.3 Å². The van der Waals surface area contributed by atoms with Gasteiger partial charge in [0.05, 0.1) is 30.9 Å². The van der Waals surface area contributed by atoms with Crippen molar-refractivity contribution in [3.8, 4) is 11.8 Å². The standard InChI is InChI=1S/C18H23N5O8S2/c1-6-32(26,27)13-8-7-12(23(3)11(2)24)9-14(13)33(28,29)22-18(25)21-17-19-15(30-4)10-16(20-17)31-5/h7-10H,6H2,1-5H3,(H2,19,20,21,22,25). The molecule has 3 amide bonds. The molecule has 0 aliphatic carbocycles. The Morgan fingerprint density at radius 3 is 2.06 bits per heavy atom. The number of anilines is 2. The van der Waals surface area contributed by atoms with Crippen molar-refractivity contribution in [2.45, 2.75) is 23.6 Å². The number of aromatic nitrogens is 2. The summed E-state index contributed by atoms with van der Waals surface area (Å²) in [5.74, 6) is -1.06. The lowest BCUT2D eigenvalue weighted by molar-refractivity contribution is -0.116. The van der Waals surface area contributed by atoms with E-state index in [2.05, 4.69) is 15.3 Å². The summed E-state index contributed by atoms with van der Waals surface area (Å²) in [6.45, 7) is 2.59. The lowest BCUT2D eigenvalue weighted by Crippen LogP contribution is -2.36. The molecule has 2 N–H and O–H groups in total. The molecule has 2 aromatic rings. The van der Waals surface area contributed by atoms with Gasteiger partial charge in [-0.05, 0) is 18.2 Å². The third-order valence-corrected chi connectivity index (χ3v) is 7.63. The first-order chi connectivity index (χ1) is 15.3. The largest absolute Gasteiger partial charge is 0.481 e. The number of hydrogen-bond donors (Lipinski definition) is 2. The Labute approximate surface area is 191 Å². The van der Waals surface area contributed by atoms with E-state index in [1.54, 1.807) is 4.72 Å². The van der Waals surface area contributed by atoms with E-state index in [1.165, 1.54) is 47.2 Å². The van der Waals surface area contributed by atoms with Crippen LogP contribution in [0.25, 0.3) is 0 Å². The normalized spacial score (nSPS) is 11.4. The van der Waals surface area contributed by atoms with Crippen LogP contribution in [0.3, 0.4) is 0 Å². The lowest BCUT2D eigenvalue weighted by Gasteiger charge is -2.18. The molecule has 0 radical (unpaired) electrons. The molecular formula is C18H23N5O8S2. The molecular weight excluding hydrogens is 478 g/mol. The van der Waals surface area contributed by atoms with Crippen LogP contribution in [-0.4, -0.2) is 65.8 Å². The van der Waals surface area contributed by atoms with Gasteiger partial charge in [-0.2, -0.15) is 9.97 Å². The van der Waals surface area contributed by atoms with E-state index < -0.39 is 41.6 Å². The van der Waals surface area contributed by atoms with Crippen molar-refractivity contribution in [1.29, 1.82) is 0 Å². The van der Waals surface area contributed by atoms with E-state index in [0.29, 0.717) is 0 Å². The van der Waals surface area contributed by atoms with Crippen molar-refractivity contribution in [2.24, 2.45) is 0 Å². The van der Waals surface area contributed by atoms with E-state index >= 15 is 0 Å². The summed E-state index contributed by atoms with van der Waals surface area (Å²) in [4.78, 5) is 31.7. The molecule has 0 fully saturated rings. The van der Waals surface area contributed by atoms with E-state index in [4.69, 9.17) is 9.47 Å². The van der Waals surface area contributed by atoms with E-state index in [9.17, 15) is 26.4 Å². The molecule has 13 nitrogen and oxygen atoms in total. The van der Waals surface area contributed by atoms with Crippen LogP contribution in [0.2, 0.25) is 0 Å². The highest BCUT2D eigenvalue weighted by Crippen LogP contribution is 2.27. The molecule has 0 bridgehead atoms. The molecule has 0 unspecified atom stereocenters. The van der Waals surface area contributed by atoms with Crippen LogP contribution >= 0.6 is 0 Å². The predicted molar refractivity (Wildman–Crippen MR) is 118 cm³/mol. The molecule has 0 aliphatic rings. The molecule has 0 spiro atoms. The summed E-state index contributed by atoms with van der Waals surface area (Å²) in [5, 5.41) is 2.12. The Morgan fingerprint density at radius 2 is 1.58 bits per heavy atom. The van der Waals surface area contributed by atoms with E-state index in [-0.39, 0.29) is 29.1 Å². The Morgan fingerprint density at radius 1 is 1.00 bits per heavy atom. The van der Waals surface area contributed by atoms with E-state index in [1.807, 2.05) is 0 Å². The SMILES string of the molecule is CCS(=O)(=O)c1ccc(N(C)C(C)=O)cc1S(=O)(=O)NC(=O)Nc1nc(OC)cc(OC)n1. The van der Waals surface area contributed by atoms with Crippen LogP contribution < -0.4 is 24.4 Å². The van der Waals surface area contributed by atoms with Crippen LogP contribution in [-0.2, 0) is 24.7 Å². The van der Waals surface area contributed by atoms with Gasteiger partial charge in [0.25, 0.3) is 10.0 Å². The first-order valence-electron chi connectivity index (χ1n) is 9.26. The first-order valence-corrected chi connectivity index (χ1v) is 12.4. The van der Waals surface area contributed by atoms with Gasteiger partial charge < -0.3 is 14.4 Å². The Kier molecular flexibility index (Phi) is 7.81. The second-order valence-electron chi connectivity index (χ2n) is 6.45. The van der Waals surface area contributed by atoms with Gasteiger partial charge in [0.1, 0.15) is 4.90 Å². The summed E-state index contributed by atoms with van der Waals surface area (Å²) in [6, 6.07) is 3.41. The summed E-state index contributed by atoms with van der Waals surface area (Å²) < 4.78 is 62.5. The van der Waals surface area contributed by atoms with Gasteiger partial charge >= 0.3 is 6.03 Å². The van der Waals surface area contributed by atoms with Gasteiger partial charge in [0.2, 0.25) is 23.6 Å². The maximum atomic E-state index is 13.0. The molecule has 0 atom stereocenters. The number of hydrogen-bond acceptors (Lipinski definition) is 10. The zero-order chi connectivity index (χ0) is 25.0. The molecule has 1 heterocycles. The van der Waals surface area contributed by atoms with Crippen LogP contribution in [0, 0.1) is 0 Å². The van der Waals surface area contributed by atoms with Crippen molar-refractivity contribution in [3.63, 3.8) is 0 Å². The van der Waals surface area contributed by atoms with Crippen molar-refractivity contribution < 1.29 is 35.9 Å². The molecule has 33 heavy (non-hydrogen) atoms. The monoisotopic (exact) mass is 501 g/mol. The number of nitrogens with one attached hydrogen (secondary N) is 2. The van der Waals surface area contributed by atoms with Crippen molar-refractivity contribution >= 4 is 43.4 Å². The number of amides is 3. The molecule has 180 valence electrons. The van der Waals surface area contributed by atoms with Gasteiger partial charge in [0, 0.05) is 19.7 Å². The van der Waals surface area contributed by atoms with Crippen LogP contribution in [0.4, 0.5) is 16.4 Å². The van der Waals surface area contributed by atoms with Gasteiger partial charge in [-0.3, -0.25) is 10.1 Å². The number of carbonyl (C=O) groups is 2. The number of nitrogens with zero attached hydrogens (tertiary/aromatic N) is 3. The molecule has 1 aromatic carbocycles. The minimum absolute atomic E-state index is 0.0382. The highest BCUT2D eigenvalue weighted by molar-refractivity contribution is 7.93. The fourth-order valence-electron chi connectivity index (χ4n) is 2.48. The van der Waals surface area contributed by atoms with Gasteiger partial charge in [-0.1, -0.05) is 6.92 Å². The smallest absolute Gasteiger partial charge is 0.335 e. The molecule has 15 heteroatoms. The number of carbonyl (C=O) groups excluding carboxylic acids is 2. The number of methoxy groups -OCH3 is 2. The van der Waals surface area contributed by atoms with Crippen LogP contribution in [0.15, 0.2) is 34.1 Å². The number of benzene rings is 1. The second-order valence-corrected chi connectivity index (χ2v) is 10.3. The molecule has 2 rings (SSSR count). The molecule has 0 saturated heterocycles. The maximum Gasteiger partial charge on any atom is 0.335 e. The number of sulfonamides is 1. The predicted octanol–water partition coefficient (Wildman–Crippen LogP) is 0.781. The highest BCUT2D eigenvalue weighted by atomic mass is 32.2. The number of rotatable bonds is 8. The third kappa shape index (κ3) is 6.07. The highest BCUT2D eigenvalue weighted by Gasteiger charge is 2.29. The summed E-state index contributed by atoms with van der Waals surface area (Å²) in [5.41, 5.74) is 0.110. The minimum Gasteiger partial charge on any atom is -0.481 e. The van der Waals surface area contributed by atoms with Crippen LogP contribution in [0.1, 0.15) is 13.8 Å². The Hall–Kier alpha value is -3.46. The number of sulfone groups is 1. The minimum atomic E-state index is -4.71. The second kappa shape index (κ2) is 9.99. The van der Waals surface area contributed by atoms with E-state index in [0.717, 1.165) is 17.0 Å². The summed E-state index contributed by atoms with van der Waals surface area (Å²) in [6.07, 6.45) is 0. The number of ether oxygens (including phenoxy) is 2. The van der Waals surface area contributed by atoms with Crippen LogP contribution in [0.5, 0.6) is 11.8 Å². The fourth-order valence-corrected chi connectivity index (χ4v) is 5.16. The Bertz CT molecular complexity index is 1260. The average molecular weight is 502 g/mol. The molecule has 0 aliphatic heterocycles. The fraction of sp³-hybridized carbons (Fsp3) is 0.333. The zero-order valence-corrected chi connectivity index (χ0v) is 20.1. The van der Waals surface area contributed by atoms with Crippen molar-refractivity contribution in [2.75, 3.05) is 37.2 Å². The van der Waals surface area contributed by atoms with Gasteiger partial charge in [-0.15, -0.1) is 0 Å². The maximum absolute atomic E-state index is 13.0. The zero-order valence-electron chi connectivity index (χ0n) is 18.4. The third-order valence-electron chi connectivity index (χ3n) is 4.34. The Balaban J connectivity index is 2.46. The van der Waals surface area contributed by atoms with Gasteiger partial charge in [-0.25, -0.2) is 26.4 Å². The first kappa shape index (κ1) is 25.8. The van der Waals surface area contributed by atoms with Gasteiger partial charge in [0.15, 0.2) is 9.84 Å². The number of urea groups is 1. The van der Waals surface area contributed by atoms with Crippen molar-refractivity contribution in [1.82, 2.24) is 14.7 Å². The lowest BCUT2D eigenvalue weighted by atomic mass is 10.3. The average Bonchev–Trinajstić information content (AvgIpc) is 2.77. The summed E-state index contributed by atoms with van der Waals surface area (Å²) in [7, 11) is -4.70. The quantitative estimate of drug-likeness (QED) is 0.526. The molecule has 1 aromatic heterocycles. The molecule has 0 saturated carbocycles. The summed E-state index contributed by atoms with van der Waals surface area (Å²) >= 11 is 0.